The minimum absolute atomic E-state index is 0.00922. The van der Waals surface area contributed by atoms with E-state index in [1.165, 1.54) is 6.08 Å². The molecule has 9 heteroatoms. The molecule has 1 atom stereocenters. The molecule has 4 rings (SSSR count). The molecular weight excluding hydrogens is 512 g/mol. The van der Waals surface area contributed by atoms with Crippen molar-refractivity contribution in [2.75, 3.05) is 49.6 Å². The number of carbonyl (C=O) groups excluding carboxylic acids is 2. The number of aromatic nitrogens is 1. The molecule has 208 valence electrons. The van der Waals surface area contributed by atoms with Crippen molar-refractivity contribution in [2.24, 2.45) is 4.99 Å². The van der Waals surface area contributed by atoms with Crippen molar-refractivity contribution in [3.8, 4) is 0 Å². The molecule has 0 radical (unpaired) electrons. The molecule has 0 N–H and O–H groups in total. The number of rotatable bonds is 8. The van der Waals surface area contributed by atoms with Crippen LogP contribution in [-0.4, -0.2) is 78.7 Å². The highest BCUT2D eigenvalue weighted by Crippen LogP contribution is 2.38. The molecule has 1 unspecified atom stereocenters. The van der Waals surface area contributed by atoms with Gasteiger partial charge in [-0.2, -0.15) is 0 Å². The van der Waals surface area contributed by atoms with E-state index in [0.29, 0.717) is 47.7 Å². The van der Waals surface area contributed by atoms with Crippen LogP contribution in [0.25, 0.3) is 0 Å². The molecule has 0 bridgehead atoms. The van der Waals surface area contributed by atoms with Crippen LogP contribution in [0.2, 0.25) is 5.02 Å². The Morgan fingerprint density at radius 1 is 1.18 bits per heavy atom. The van der Waals surface area contributed by atoms with E-state index >= 15 is 0 Å². The number of carbonyl (C=O) groups is 2. The molecule has 2 saturated heterocycles. The van der Waals surface area contributed by atoms with Crippen LogP contribution in [0.1, 0.15) is 50.3 Å². The van der Waals surface area contributed by atoms with Gasteiger partial charge in [0.15, 0.2) is 5.82 Å². The molecular formula is C30H39ClN6O2. The molecule has 0 spiro atoms. The number of piperazine rings is 1. The number of pyridine rings is 1. The van der Waals surface area contributed by atoms with Crippen LogP contribution in [0.5, 0.6) is 0 Å². The van der Waals surface area contributed by atoms with E-state index in [9.17, 15) is 9.59 Å². The molecule has 2 fully saturated rings. The van der Waals surface area contributed by atoms with E-state index in [0.717, 1.165) is 62.0 Å². The second kappa shape index (κ2) is 12.6. The fourth-order valence-corrected chi connectivity index (χ4v) is 5.98. The van der Waals surface area contributed by atoms with Crippen molar-refractivity contribution in [1.29, 1.82) is 0 Å². The minimum atomic E-state index is -0.0766. The molecule has 39 heavy (non-hydrogen) atoms. The highest BCUT2D eigenvalue weighted by molar-refractivity contribution is 6.33. The van der Waals surface area contributed by atoms with Gasteiger partial charge in [-0.1, -0.05) is 50.2 Å². The molecule has 1 aromatic heterocycles. The molecule has 2 aromatic rings. The first-order valence-electron chi connectivity index (χ1n) is 13.8. The Kier molecular flexibility index (Phi) is 9.28. The summed E-state index contributed by atoms with van der Waals surface area (Å²) < 4.78 is 0. The van der Waals surface area contributed by atoms with Crippen molar-refractivity contribution < 1.29 is 9.59 Å². The first kappa shape index (κ1) is 28.6. The Labute approximate surface area is 237 Å². The summed E-state index contributed by atoms with van der Waals surface area (Å²) in [4.78, 5) is 42.9. The average molecular weight is 551 g/mol. The summed E-state index contributed by atoms with van der Waals surface area (Å²) in [6, 6.07) is 8.07. The Hall–Kier alpha value is -3.39. The lowest BCUT2D eigenvalue weighted by Crippen LogP contribution is -2.55. The van der Waals surface area contributed by atoms with E-state index in [4.69, 9.17) is 21.6 Å². The summed E-state index contributed by atoms with van der Waals surface area (Å²) in [5.41, 5.74) is 3.71. The molecule has 2 amide bonds. The second-order valence-electron chi connectivity index (χ2n) is 10.0. The van der Waals surface area contributed by atoms with Gasteiger partial charge in [0.05, 0.1) is 16.3 Å². The summed E-state index contributed by atoms with van der Waals surface area (Å²) in [5.74, 6) is 1.83. The second-order valence-corrected chi connectivity index (χ2v) is 10.5. The molecule has 2 aliphatic heterocycles. The van der Waals surface area contributed by atoms with Crippen LogP contribution >= 0.6 is 11.6 Å². The number of hydrogen-bond donors (Lipinski definition) is 0. The molecule has 2 aliphatic rings. The first-order chi connectivity index (χ1) is 18.9. The van der Waals surface area contributed by atoms with Crippen molar-refractivity contribution in [3.05, 3.63) is 58.6 Å². The Morgan fingerprint density at radius 3 is 2.38 bits per heavy atom. The highest BCUT2D eigenvalue weighted by atomic mass is 35.5. The van der Waals surface area contributed by atoms with Crippen LogP contribution in [0.3, 0.4) is 0 Å². The number of amidine groups is 1. The number of para-hydroxylation sites is 1. The number of benzene rings is 1. The topological polar surface area (TPSA) is 72.4 Å². The largest absolute Gasteiger partial charge is 0.355 e. The Bertz CT molecular complexity index is 1230. The van der Waals surface area contributed by atoms with E-state index < -0.39 is 0 Å². The maximum Gasteiger partial charge on any atom is 0.246 e. The lowest BCUT2D eigenvalue weighted by molar-refractivity contribution is -0.128. The number of halogens is 1. The molecule has 0 saturated carbocycles. The monoisotopic (exact) mass is 550 g/mol. The lowest BCUT2D eigenvalue weighted by atomic mass is 10.0. The minimum Gasteiger partial charge on any atom is -0.355 e. The van der Waals surface area contributed by atoms with E-state index in [-0.39, 0.29) is 11.9 Å². The van der Waals surface area contributed by atoms with Gasteiger partial charge < -0.3 is 14.7 Å². The van der Waals surface area contributed by atoms with Gasteiger partial charge >= 0.3 is 0 Å². The number of nitrogens with zero attached hydrogens (tertiary/aromatic N) is 6. The molecule has 0 aliphatic carbocycles. The van der Waals surface area contributed by atoms with Crippen LogP contribution < -0.4 is 9.80 Å². The predicted molar refractivity (Wildman–Crippen MR) is 160 cm³/mol. The van der Waals surface area contributed by atoms with Gasteiger partial charge in [-0.3, -0.25) is 19.5 Å². The maximum absolute atomic E-state index is 12.9. The summed E-state index contributed by atoms with van der Waals surface area (Å²) in [7, 11) is 1.75. The zero-order chi connectivity index (χ0) is 28.1. The van der Waals surface area contributed by atoms with Gasteiger partial charge in [-0.05, 0) is 55.9 Å². The van der Waals surface area contributed by atoms with E-state index in [2.05, 4.69) is 49.3 Å². The van der Waals surface area contributed by atoms with Gasteiger partial charge in [-0.25, -0.2) is 4.98 Å². The SMILES string of the molecule is C=CC(=O)N1CCN(/C(=N/C)c2cc(Cl)c(N3CCCC3)nc2N(C=O)c2c(CC)cccc2CC)C(C)C1. The van der Waals surface area contributed by atoms with Gasteiger partial charge in [0.2, 0.25) is 12.3 Å². The fraction of sp³-hybridized carbons (Fsp3) is 0.467. The standard InChI is InChI=1S/C30H39ClN6O2/c1-6-22-12-11-13-23(7-2)27(22)37(20-38)29-24(18-25(31)30(33-29)34-14-9-10-15-34)28(32-5)36-17-16-35(19-21(36)4)26(39)8-3/h8,11-13,18,20-21H,3,6-7,9-10,14-17,19H2,1-2,4-5H3/b32-28+. The number of aryl methyl sites for hydroxylation is 2. The third-order valence-corrected chi connectivity index (χ3v) is 8.00. The van der Waals surface area contributed by atoms with Gasteiger partial charge in [0.25, 0.3) is 0 Å². The lowest BCUT2D eigenvalue weighted by Gasteiger charge is -2.41. The zero-order valence-corrected chi connectivity index (χ0v) is 24.2. The fourth-order valence-electron chi connectivity index (χ4n) is 5.71. The number of amides is 2. The number of aliphatic imine (C=N–C) groups is 1. The maximum atomic E-state index is 12.9. The normalized spacial score (nSPS) is 17.9. The van der Waals surface area contributed by atoms with Crippen LogP contribution in [0.15, 0.2) is 41.9 Å². The van der Waals surface area contributed by atoms with Gasteiger partial charge in [-0.15, -0.1) is 0 Å². The number of hydrogen-bond acceptors (Lipinski definition) is 5. The van der Waals surface area contributed by atoms with E-state index in [1.807, 2.05) is 12.1 Å². The van der Waals surface area contributed by atoms with Crippen LogP contribution in [0.4, 0.5) is 17.3 Å². The summed E-state index contributed by atoms with van der Waals surface area (Å²) in [5, 5.41) is 0.537. The van der Waals surface area contributed by atoms with Crippen molar-refractivity contribution in [1.82, 2.24) is 14.8 Å². The van der Waals surface area contributed by atoms with Gasteiger partial charge in [0, 0.05) is 45.8 Å². The molecule has 8 nitrogen and oxygen atoms in total. The summed E-state index contributed by atoms with van der Waals surface area (Å²) >= 11 is 6.90. The Balaban J connectivity index is 1.88. The molecule has 3 heterocycles. The third-order valence-electron chi connectivity index (χ3n) is 7.72. The highest BCUT2D eigenvalue weighted by Gasteiger charge is 2.32. The van der Waals surface area contributed by atoms with Crippen molar-refractivity contribution >= 4 is 47.1 Å². The number of anilines is 3. The van der Waals surface area contributed by atoms with Crippen LogP contribution in [0, 0.1) is 0 Å². The van der Waals surface area contributed by atoms with Crippen molar-refractivity contribution in [3.63, 3.8) is 0 Å². The van der Waals surface area contributed by atoms with E-state index in [1.54, 1.807) is 16.8 Å². The Morgan fingerprint density at radius 2 is 1.85 bits per heavy atom. The summed E-state index contributed by atoms with van der Waals surface area (Å²) in [6.45, 7) is 13.3. The molecule has 1 aromatic carbocycles. The quantitative estimate of drug-likeness (QED) is 0.203. The average Bonchev–Trinajstić information content (AvgIpc) is 3.49. The first-order valence-corrected chi connectivity index (χ1v) is 14.2. The van der Waals surface area contributed by atoms with Crippen LogP contribution in [-0.2, 0) is 22.4 Å². The van der Waals surface area contributed by atoms with Crippen molar-refractivity contribution in [2.45, 2.75) is 52.5 Å². The third kappa shape index (κ3) is 5.66. The van der Waals surface area contributed by atoms with Gasteiger partial charge in [0.1, 0.15) is 11.7 Å². The zero-order valence-electron chi connectivity index (χ0n) is 23.5. The smallest absolute Gasteiger partial charge is 0.246 e. The summed E-state index contributed by atoms with van der Waals surface area (Å²) in [6.07, 6.45) is 5.93. The predicted octanol–water partition coefficient (Wildman–Crippen LogP) is 4.85.